The molecule has 0 aliphatic carbocycles. The van der Waals surface area contributed by atoms with E-state index in [1.807, 2.05) is 13.8 Å². The number of ketones is 1. The first-order valence-corrected chi connectivity index (χ1v) is 5.06. The predicted molar refractivity (Wildman–Crippen MR) is 64.5 cm³/mol. The van der Waals surface area contributed by atoms with Crippen molar-refractivity contribution in [1.82, 2.24) is 0 Å². The maximum absolute atomic E-state index is 11.5. The molecular weight excluding hydrogens is 202 g/mol. The van der Waals surface area contributed by atoms with E-state index in [4.69, 9.17) is 0 Å². The summed E-state index contributed by atoms with van der Waals surface area (Å²) in [6.45, 7) is 5.17. The molecule has 1 rings (SSSR count). The lowest BCUT2D eigenvalue weighted by Crippen LogP contribution is -2.11. The fourth-order valence-electron chi connectivity index (χ4n) is 1.33. The molecule has 0 atom stereocenters. The van der Waals surface area contributed by atoms with Crippen LogP contribution < -0.4 is 5.32 Å². The van der Waals surface area contributed by atoms with E-state index in [2.05, 4.69) is 5.32 Å². The maximum Gasteiger partial charge on any atom is 0.248 e. The number of carbonyl (C=O) groups is 2. The minimum atomic E-state index is -0.214. The molecule has 1 aromatic carbocycles. The van der Waals surface area contributed by atoms with Gasteiger partial charge in [-0.1, -0.05) is 17.7 Å². The predicted octanol–water partition coefficient (Wildman–Crippen LogP) is 2.79. The Morgan fingerprint density at radius 1 is 1.12 bits per heavy atom. The third-order valence-corrected chi connectivity index (χ3v) is 1.98. The number of para-hydroxylation sites is 1. The number of carbonyl (C=O) groups excluding carboxylic acids is 2. The molecule has 3 nitrogen and oxygen atoms in total. The van der Waals surface area contributed by atoms with Gasteiger partial charge in [0.2, 0.25) is 5.91 Å². The highest BCUT2D eigenvalue weighted by molar-refractivity contribution is 6.06. The van der Waals surface area contributed by atoms with E-state index in [-0.39, 0.29) is 11.7 Å². The highest BCUT2D eigenvalue weighted by Crippen LogP contribution is 2.15. The van der Waals surface area contributed by atoms with Crippen molar-refractivity contribution in [2.75, 3.05) is 5.32 Å². The molecule has 3 heteroatoms. The van der Waals surface area contributed by atoms with E-state index in [1.165, 1.54) is 13.0 Å². The average molecular weight is 217 g/mol. The van der Waals surface area contributed by atoms with Crippen LogP contribution in [0.5, 0.6) is 0 Å². The summed E-state index contributed by atoms with van der Waals surface area (Å²) in [4.78, 5) is 22.8. The number of hydrogen-bond acceptors (Lipinski definition) is 2. The molecule has 0 bridgehead atoms. The van der Waals surface area contributed by atoms with E-state index in [9.17, 15) is 9.59 Å². The second-order valence-electron chi connectivity index (χ2n) is 3.81. The van der Waals surface area contributed by atoms with E-state index in [0.717, 1.165) is 5.57 Å². The lowest BCUT2D eigenvalue weighted by Gasteiger charge is -2.06. The van der Waals surface area contributed by atoms with Gasteiger partial charge in [0.15, 0.2) is 5.78 Å². The molecule has 1 aromatic rings. The van der Waals surface area contributed by atoms with E-state index in [0.29, 0.717) is 11.3 Å². The van der Waals surface area contributed by atoms with Crippen LogP contribution in [0.3, 0.4) is 0 Å². The van der Waals surface area contributed by atoms with Gasteiger partial charge in [-0.2, -0.15) is 0 Å². The van der Waals surface area contributed by atoms with Crippen molar-refractivity contribution in [3.05, 3.63) is 41.5 Å². The van der Waals surface area contributed by atoms with Crippen molar-refractivity contribution in [2.24, 2.45) is 0 Å². The zero-order chi connectivity index (χ0) is 12.1. The summed E-state index contributed by atoms with van der Waals surface area (Å²) < 4.78 is 0. The quantitative estimate of drug-likeness (QED) is 0.625. The number of anilines is 1. The number of rotatable bonds is 3. The standard InChI is InChI=1S/C13H15NO2/c1-9(2)8-13(16)14-12-7-5-4-6-11(12)10(3)15/h4-8H,1-3H3,(H,14,16). The molecule has 1 amide bonds. The Bertz CT molecular complexity index is 443. The highest BCUT2D eigenvalue weighted by Gasteiger charge is 2.07. The van der Waals surface area contributed by atoms with Gasteiger partial charge < -0.3 is 5.32 Å². The first-order valence-electron chi connectivity index (χ1n) is 5.06. The largest absolute Gasteiger partial charge is 0.322 e. The van der Waals surface area contributed by atoms with Crippen molar-refractivity contribution in [2.45, 2.75) is 20.8 Å². The number of Topliss-reactive ketones (excluding diaryl/α,β-unsaturated/α-hetero) is 1. The van der Waals surface area contributed by atoms with Gasteiger partial charge in [-0.15, -0.1) is 0 Å². The topological polar surface area (TPSA) is 46.2 Å². The summed E-state index contributed by atoms with van der Waals surface area (Å²) in [5.41, 5.74) is 1.99. The second kappa shape index (κ2) is 5.26. The van der Waals surface area contributed by atoms with Crippen LogP contribution in [-0.4, -0.2) is 11.7 Å². The van der Waals surface area contributed by atoms with Crippen LogP contribution in [-0.2, 0) is 4.79 Å². The Morgan fingerprint density at radius 2 is 1.75 bits per heavy atom. The zero-order valence-electron chi connectivity index (χ0n) is 9.70. The van der Waals surface area contributed by atoms with E-state index < -0.39 is 0 Å². The lowest BCUT2D eigenvalue weighted by atomic mass is 10.1. The molecule has 0 unspecified atom stereocenters. The fourth-order valence-corrected chi connectivity index (χ4v) is 1.33. The first kappa shape index (κ1) is 12.2. The van der Waals surface area contributed by atoms with Crippen molar-refractivity contribution >= 4 is 17.4 Å². The van der Waals surface area contributed by atoms with Gasteiger partial charge in [0.05, 0.1) is 5.69 Å². The molecule has 1 N–H and O–H groups in total. The van der Waals surface area contributed by atoms with Crippen LogP contribution in [0.25, 0.3) is 0 Å². The molecule has 0 fully saturated rings. The summed E-state index contributed by atoms with van der Waals surface area (Å²) in [7, 11) is 0. The number of hydrogen-bond donors (Lipinski definition) is 1. The SMILES string of the molecule is CC(=O)c1ccccc1NC(=O)C=C(C)C. The summed E-state index contributed by atoms with van der Waals surface area (Å²) in [5.74, 6) is -0.276. The normalized spacial score (nSPS) is 9.44. The molecule has 84 valence electrons. The minimum absolute atomic E-state index is 0.0619. The maximum atomic E-state index is 11.5. The molecule has 0 aliphatic rings. The summed E-state index contributed by atoms with van der Waals surface area (Å²) >= 11 is 0. The Hall–Kier alpha value is -1.90. The Balaban J connectivity index is 2.93. The number of benzene rings is 1. The second-order valence-corrected chi connectivity index (χ2v) is 3.81. The molecule has 0 heterocycles. The van der Waals surface area contributed by atoms with Crippen LogP contribution in [0.4, 0.5) is 5.69 Å². The van der Waals surface area contributed by atoms with Crippen molar-refractivity contribution in [1.29, 1.82) is 0 Å². The summed E-state index contributed by atoms with van der Waals surface area (Å²) in [6, 6.07) is 6.96. The first-order chi connectivity index (χ1) is 7.50. The van der Waals surface area contributed by atoms with Gasteiger partial charge in [-0.25, -0.2) is 0 Å². The van der Waals surface area contributed by atoms with Gasteiger partial charge >= 0.3 is 0 Å². The van der Waals surface area contributed by atoms with Gasteiger partial charge in [0, 0.05) is 11.6 Å². The van der Waals surface area contributed by atoms with Crippen molar-refractivity contribution in [3.63, 3.8) is 0 Å². The minimum Gasteiger partial charge on any atom is -0.322 e. The Morgan fingerprint density at radius 3 is 2.31 bits per heavy atom. The molecule has 0 radical (unpaired) electrons. The van der Waals surface area contributed by atoms with Gasteiger partial charge in [0.25, 0.3) is 0 Å². The van der Waals surface area contributed by atoms with E-state index in [1.54, 1.807) is 24.3 Å². The Kier molecular flexibility index (Phi) is 4.00. The van der Waals surface area contributed by atoms with E-state index >= 15 is 0 Å². The zero-order valence-corrected chi connectivity index (χ0v) is 9.70. The van der Waals surface area contributed by atoms with Crippen LogP contribution in [0.15, 0.2) is 35.9 Å². The number of nitrogens with one attached hydrogen (secondary N) is 1. The fraction of sp³-hybridized carbons (Fsp3) is 0.231. The van der Waals surface area contributed by atoms with Crippen LogP contribution in [0.1, 0.15) is 31.1 Å². The van der Waals surface area contributed by atoms with Gasteiger partial charge in [0.1, 0.15) is 0 Å². The van der Waals surface area contributed by atoms with Crippen LogP contribution >= 0.6 is 0 Å². The molecule has 0 aromatic heterocycles. The van der Waals surface area contributed by atoms with Crippen LogP contribution in [0, 0.1) is 0 Å². The average Bonchev–Trinajstić information content (AvgIpc) is 2.16. The summed E-state index contributed by atoms with van der Waals surface area (Å²) in [5, 5.41) is 2.69. The number of amides is 1. The lowest BCUT2D eigenvalue weighted by molar-refractivity contribution is -0.111. The van der Waals surface area contributed by atoms with Gasteiger partial charge in [-0.3, -0.25) is 9.59 Å². The Labute approximate surface area is 95.2 Å². The molecule has 0 saturated carbocycles. The van der Waals surface area contributed by atoms with Crippen molar-refractivity contribution < 1.29 is 9.59 Å². The number of allylic oxidation sites excluding steroid dienone is 1. The third-order valence-electron chi connectivity index (χ3n) is 1.98. The third kappa shape index (κ3) is 3.35. The van der Waals surface area contributed by atoms with Crippen LogP contribution in [0.2, 0.25) is 0 Å². The highest BCUT2D eigenvalue weighted by atomic mass is 16.1. The van der Waals surface area contributed by atoms with Crippen molar-refractivity contribution in [3.8, 4) is 0 Å². The molecular formula is C13H15NO2. The molecule has 16 heavy (non-hydrogen) atoms. The summed E-state index contributed by atoms with van der Waals surface area (Å²) in [6.07, 6.45) is 1.50. The molecule has 0 aliphatic heterocycles. The smallest absolute Gasteiger partial charge is 0.248 e. The monoisotopic (exact) mass is 217 g/mol. The molecule has 0 saturated heterocycles. The molecule has 0 spiro atoms. The van der Waals surface area contributed by atoms with Gasteiger partial charge in [-0.05, 0) is 32.9 Å².